The van der Waals surface area contributed by atoms with Crippen LogP contribution in [-0.4, -0.2) is 71.6 Å². The monoisotopic (exact) mass is 632 g/mol. The lowest BCUT2D eigenvalue weighted by Gasteiger charge is -2.25. The molecule has 0 N–H and O–H groups in total. The summed E-state index contributed by atoms with van der Waals surface area (Å²) in [5, 5.41) is 0. The van der Waals surface area contributed by atoms with E-state index in [9.17, 15) is 57.5 Å². The Balaban J connectivity index is 0.000000119. The lowest BCUT2D eigenvalue weighted by Crippen LogP contribution is -2.35. The predicted octanol–water partition coefficient (Wildman–Crippen LogP) is -2.40. The van der Waals surface area contributed by atoms with Crippen LogP contribution in [0.4, 0.5) is 0 Å². The third kappa shape index (κ3) is 4.98. The third-order valence-electron chi connectivity index (χ3n) is 9.21. The van der Waals surface area contributed by atoms with E-state index in [-0.39, 0.29) is 32.1 Å². The van der Waals surface area contributed by atoms with Gasteiger partial charge in [0.25, 0.3) is 0 Å². The highest BCUT2D eigenvalue weighted by Gasteiger charge is 2.65. The van der Waals surface area contributed by atoms with Crippen LogP contribution in [0.3, 0.4) is 0 Å². The molecule has 45 heavy (non-hydrogen) atoms. The summed E-state index contributed by atoms with van der Waals surface area (Å²) in [6, 6.07) is 0. The average Bonchev–Trinajstić information content (AvgIpc) is 3.81. The van der Waals surface area contributed by atoms with E-state index in [1.54, 1.807) is 0 Å². The molecule has 2 aliphatic carbocycles. The summed E-state index contributed by atoms with van der Waals surface area (Å²) in [5.41, 5.74) is 0. The highest BCUT2D eigenvalue weighted by molar-refractivity contribution is 6.06. The molecule has 18 heteroatoms. The van der Waals surface area contributed by atoms with Crippen LogP contribution in [0.25, 0.3) is 0 Å². The minimum atomic E-state index is -0.846. The predicted molar refractivity (Wildman–Crippen MR) is 125 cm³/mol. The van der Waals surface area contributed by atoms with Crippen LogP contribution in [0.1, 0.15) is 32.1 Å². The summed E-state index contributed by atoms with van der Waals surface area (Å²) < 4.78 is 26.4. The smallest absolute Gasteiger partial charge is 0.318 e. The van der Waals surface area contributed by atoms with Gasteiger partial charge in [-0.15, -0.1) is 0 Å². The summed E-state index contributed by atoms with van der Waals surface area (Å²) in [5.74, 6) is -14.7. The van der Waals surface area contributed by atoms with Crippen LogP contribution < -0.4 is 0 Å². The second-order valence-corrected chi connectivity index (χ2v) is 11.6. The second-order valence-electron chi connectivity index (χ2n) is 11.6. The second kappa shape index (κ2) is 10.8. The topological polar surface area (TPSA) is 260 Å². The van der Waals surface area contributed by atoms with Crippen molar-refractivity contribution in [1.29, 1.82) is 0 Å². The van der Waals surface area contributed by atoms with Gasteiger partial charge in [0, 0.05) is 0 Å². The molecule has 0 aromatic heterocycles. The van der Waals surface area contributed by atoms with Gasteiger partial charge >= 0.3 is 71.6 Å². The van der Waals surface area contributed by atoms with Crippen molar-refractivity contribution in [2.75, 3.05) is 0 Å². The lowest BCUT2D eigenvalue weighted by atomic mass is 9.70. The quantitative estimate of drug-likeness (QED) is 0.166. The number of carbonyl (C=O) groups excluding carboxylic acids is 12. The SMILES string of the molecule is O=C1CC(C2CC(=O)OC2=O)C(=O)O1.O=C1OC(=O)C2C1CC1C(=O)OC(=O)C12.O=C1OC(=O)C2CC3C(=O)OC(=O)C3CC12. The number of ether oxygens (including phenoxy) is 6. The highest BCUT2D eigenvalue weighted by Crippen LogP contribution is 2.50. The van der Waals surface area contributed by atoms with Crippen LogP contribution in [0.15, 0.2) is 0 Å². The van der Waals surface area contributed by atoms with Crippen LogP contribution in [0, 0.1) is 59.2 Å². The molecule has 0 aromatic carbocycles. The molecule has 6 aliphatic heterocycles. The number of hydrogen-bond donors (Lipinski definition) is 0. The van der Waals surface area contributed by atoms with Crippen LogP contribution in [0.5, 0.6) is 0 Å². The summed E-state index contributed by atoms with van der Waals surface area (Å²) in [4.78, 5) is 134. The third-order valence-corrected chi connectivity index (χ3v) is 9.21. The number of rotatable bonds is 1. The first-order chi connectivity index (χ1) is 21.2. The maximum atomic E-state index is 11.3. The summed E-state index contributed by atoms with van der Waals surface area (Å²) in [6.07, 6.45) is 0.261. The molecular weight excluding hydrogens is 612 g/mol. The van der Waals surface area contributed by atoms with Crippen molar-refractivity contribution >= 4 is 71.6 Å². The first-order valence-corrected chi connectivity index (χ1v) is 13.8. The zero-order chi connectivity index (χ0) is 32.5. The molecule has 2 saturated carbocycles. The van der Waals surface area contributed by atoms with Crippen LogP contribution in [-0.2, 0) is 86.0 Å². The van der Waals surface area contributed by atoms with Crippen molar-refractivity contribution < 1.29 is 86.0 Å². The Labute approximate surface area is 249 Å². The number of cyclic esters (lactones) is 12. The molecule has 10 atom stereocenters. The molecule has 0 bridgehead atoms. The maximum Gasteiger partial charge on any atom is 0.318 e. The number of carbonyl (C=O) groups is 12. The van der Waals surface area contributed by atoms with Gasteiger partial charge in [-0.05, 0) is 19.3 Å². The van der Waals surface area contributed by atoms with Crippen molar-refractivity contribution in [2.45, 2.75) is 32.1 Å². The molecule has 10 unspecified atom stereocenters. The van der Waals surface area contributed by atoms with E-state index < -0.39 is 131 Å². The van der Waals surface area contributed by atoms with Gasteiger partial charge in [-0.1, -0.05) is 0 Å². The van der Waals surface area contributed by atoms with Gasteiger partial charge in [0.2, 0.25) is 0 Å². The Morgan fingerprint density at radius 2 is 0.533 bits per heavy atom. The first-order valence-electron chi connectivity index (χ1n) is 13.8. The Morgan fingerprint density at radius 3 is 0.822 bits per heavy atom. The van der Waals surface area contributed by atoms with E-state index in [2.05, 4.69) is 28.4 Å². The van der Waals surface area contributed by atoms with Crippen molar-refractivity contribution in [3.63, 3.8) is 0 Å². The first kappa shape index (κ1) is 29.9. The van der Waals surface area contributed by atoms with Gasteiger partial charge in [-0.25, -0.2) is 0 Å². The van der Waals surface area contributed by atoms with E-state index in [1.807, 2.05) is 0 Å². The molecule has 0 radical (unpaired) electrons. The summed E-state index contributed by atoms with van der Waals surface area (Å²) in [7, 11) is 0. The normalized spacial score (nSPS) is 38.9. The minimum Gasteiger partial charge on any atom is -0.393 e. The van der Waals surface area contributed by atoms with Gasteiger partial charge in [0.1, 0.15) is 0 Å². The average molecular weight is 632 g/mol. The fraction of sp³-hybridized carbons (Fsp3) is 0.556. The molecule has 0 spiro atoms. The van der Waals surface area contributed by atoms with Gasteiger partial charge in [-0.3, -0.25) is 57.5 Å². The fourth-order valence-electron chi connectivity index (χ4n) is 7.01. The van der Waals surface area contributed by atoms with E-state index in [4.69, 9.17) is 0 Å². The van der Waals surface area contributed by atoms with Crippen molar-refractivity contribution in [3.8, 4) is 0 Å². The molecule has 8 aliphatic rings. The molecule has 0 amide bonds. The largest absolute Gasteiger partial charge is 0.393 e. The minimum absolute atomic E-state index is 0.147. The van der Waals surface area contributed by atoms with E-state index in [0.717, 1.165) is 0 Å². The van der Waals surface area contributed by atoms with Crippen LogP contribution >= 0.6 is 0 Å². The molecule has 18 nitrogen and oxygen atoms in total. The molecule has 8 fully saturated rings. The van der Waals surface area contributed by atoms with Crippen molar-refractivity contribution in [3.05, 3.63) is 0 Å². The number of hydrogen-bond acceptors (Lipinski definition) is 18. The number of esters is 12. The van der Waals surface area contributed by atoms with Gasteiger partial charge in [-0.2, -0.15) is 0 Å². The van der Waals surface area contributed by atoms with Gasteiger partial charge < -0.3 is 28.4 Å². The highest BCUT2D eigenvalue weighted by atomic mass is 16.6. The van der Waals surface area contributed by atoms with E-state index in [1.165, 1.54) is 0 Å². The zero-order valence-corrected chi connectivity index (χ0v) is 22.7. The Morgan fingerprint density at radius 1 is 0.289 bits per heavy atom. The molecule has 236 valence electrons. The van der Waals surface area contributed by atoms with Gasteiger partial charge in [0.15, 0.2) is 0 Å². The Kier molecular flexibility index (Phi) is 7.16. The standard InChI is InChI=1S/C10H8O6.C9H6O6.C8H6O6/c11-7-3-1-4-6(10(14)16-8(4)12)2-5(3)9(13)15-7;10-6-2-1-3-5(4(2)8(12)14-6)9(13)15-7(3)11;9-5-1-3(7(11)13-5)4-2-6(10)14-8(4)12/h3-6H,1-2H2;2-5H,1H2;3-4H,1-2H2. The molecule has 8 rings (SSSR count). The fourth-order valence-corrected chi connectivity index (χ4v) is 7.01. The molecule has 0 aromatic rings. The van der Waals surface area contributed by atoms with Crippen molar-refractivity contribution in [2.24, 2.45) is 59.2 Å². The molecular formula is C27H20O18. The summed E-state index contributed by atoms with van der Waals surface area (Å²) >= 11 is 0. The van der Waals surface area contributed by atoms with E-state index in [0.29, 0.717) is 0 Å². The maximum absolute atomic E-state index is 11.3. The molecule has 6 saturated heterocycles. The van der Waals surface area contributed by atoms with E-state index >= 15 is 0 Å². The molecule has 6 heterocycles. The zero-order valence-electron chi connectivity index (χ0n) is 22.7. The van der Waals surface area contributed by atoms with Crippen molar-refractivity contribution in [1.82, 2.24) is 0 Å². The lowest BCUT2D eigenvalue weighted by molar-refractivity contribution is -0.158. The Bertz CT molecular complexity index is 1390. The van der Waals surface area contributed by atoms with Crippen LogP contribution in [0.2, 0.25) is 0 Å². The van der Waals surface area contributed by atoms with Gasteiger partial charge in [0.05, 0.1) is 72.0 Å². The summed E-state index contributed by atoms with van der Waals surface area (Å²) in [6.45, 7) is 0. The Hall–Kier alpha value is -5.16. The number of fused-ring (bicyclic) bond motifs is 5.